The van der Waals surface area contributed by atoms with Gasteiger partial charge in [0.25, 0.3) is 0 Å². The molecule has 9 heteroatoms. The van der Waals surface area contributed by atoms with Crippen LogP contribution in [0, 0.1) is 0 Å². The molecule has 0 saturated carbocycles. The van der Waals surface area contributed by atoms with E-state index < -0.39 is 5.60 Å². The molecule has 5 N–H and O–H groups in total. The van der Waals surface area contributed by atoms with Crippen molar-refractivity contribution in [3.63, 3.8) is 0 Å². The third kappa shape index (κ3) is 5.23. The third-order valence-corrected chi connectivity index (χ3v) is 5.27. The molecule has 0 fully saturated rings. The first-order chi connectivity index (χ1) is 14.8. The Kier molecular flexibility index (Phi) is 6.97. The zero-order valence-electron chi connectivity index (χ0n) is 18.6. The summed E-state index contributed by atoms with van der Waals surface area (Å²) in [7, 11) is 1.61. The number of nitrogens with one attached hydrogen (secondary N) is 1. The van der Waals surface area contributed by atoms with Gasteiger partial charge in [-0.25, -0.2) is 4.98 Å². The molecule has 2 aromatic heterocycles. The lowest BCUT2D eigenvalue weighted by molar-refractivity contribution is 0.0783. The van der Waals surface area contributed by atoms with E-state index in [2.05, 4.69) is 27.3 Å². The van der Waals surface area contributed by atoms with Crippen molar-refractivity contribution >= 4 is 22.8 Å². The van der Waals surface area contributed by atoms with Gasteiger partial charge in [-0.3, -0.25) is 4.68 Å². The number of nitrogen functional groups attached to an aromatic ring is 1. The Morgan fingerprint density at radius 2 is 2.03 bits per heavy atom. The zero-order valence-corrected chi connectivity index (χ0v) is 18.6. The summed E-state index contributed by atoms with van der Waals surface area (Å²) in [6.07, 6.45) is 4.15. The number of hydrogen-bond donors (Lipinski definition) is 4. The fourth-order valence-electron chi connectivity index (χ4n) is 3.64. The number of nitrogens with two attached hydrogens (primary N) is 1. The van der Waals surface area contributed by atoms with Gasteiger partial charge in [0.1, 0.15) is 16.8 Å². The molecule has 2 heterocycles. The molecule has 1 aromatic carbocycles. The van der Waals surface area contributed by atoms with Crippen molar-refractivity contribution in [3.8, 4) is 5.75 Å². The first-order valence-corrected chi connectivity index (χ1v) is 10.5. The average molecular weight is 429 g/mol. The van der Waals surface area contributed by atoms with Gasteiger partial charge < -0.3 is 26.0 Å². The number of hydrogen-bond acceptors (Lipinski definition) is 8. The number of aromatic nitrogens is 4. The Morgan fingerprint density at radius 3 is 2.68 bits per heavy atom. The Balaban J connectivity index is 2.00. The summed E-state index contributed by atoms with van der Waals surface area (Å²) in [4.78, 5) is 8.73. The summed E-state index contributed by atoms with van der Waals surface area (Å²) in [6, 6.07) is 5.72. The molecule has 0 aliphatic rings. The minimum atomic E-state index is -0.965. The van der Waals surface area contributed by atoms with Gasteiger partial charge >= 0.3 is 0 Å². The molecule has 0 bridgehead atoms. The highest BCUT2D eigenvalue weighted by Gasteiger charge is 2.20. The number of nitrogens with zero attached hydrogens (tertiary/aromatic N) is 4. The first kappa shape index (κ1) is 22.8. The van der Waals surface area contributed by atoms with Crippen molar-refractivity contribution < 1.29 is 14.9 Å². The molecule has 0 saturated heterocycles. The molecule has 9 nitrogen and oxygen atoms in total. The summed E-state index contributed by atoms with van der Waals surface area (Å²) in [5.74, 6) is 1.43. The molecule has 3 rings (SSSR count). The van der Waals surface area contributed by atoms with E-state index in [1.165, 1.54) is 0 Å². The number of aliphatic hydroxyl groups is 2. The summed E-state index contributed by atoms with van der Waals surface area (Å²) in [5, 5.41) is 27.6. The van der Waals surface area contributed by atoms with Gasteiger partial charge in [-0.1, -0.05) is 25.5 Å². The van der Waals surface area contributed by atoms with Gasteiger partial charge in [-0.05, 0) is 38.3 Å². The van der Waals surface area contributed by atoms with Crippen molar-refractivity contribution in [1.82, 2.24) is 19.7 Å². The second-order valence-corrected chi connectivity index (χ2v) is 8.19. The second-order valence-electron chi connectivity index (χ2n) is 8.19. The largest absolute Gasteiger partial charge is 0.496 e. The van der Waals surface area contributed by atoms with Crippen LogP contribution in [0.5, 0.6) is 5.75 Å². The Labute approximate surface area is 182 Å². The van der Waals surface area contributed by atoms with Crippen LogP contribution in [-0.2, 0) is 12.1 Å². The number of anilines is 2. The standard InChI is InChI=1S/C22H32N6O3/c1-5-6-16(9-10-29)25-20-19-17(26-21(23)27-20)12-24-28(19)13-14-7-8-15(22(2,3)30)11-18(14)31-4/h7-8,11-12,16,29-30H,5-6,9-10,13H2,1-4H3,(H3,23,25,26,27). The molecule has 0 spiro atoms. The topological polar surface area (TPSA) is 131 Å². The van der Waals surface area contributed by atoms with Crippen LogP contribution in [0.3, 0.4) is 0 Å². The number of fused-ring (bicyclic) bond motifs is 1. The lowest BCUT2D eigenvalue weighted by Gasteiger charge is -2.20. The molecule has 0 aliphatic heterocycles. The Hall–Kier alpha value is -2.91. The monoisotopic (exact) mass is 428 g/mol. The van der Waals surface area contributed by atoms with E-state index in [4.69, 9.17) is 10.5 Å². The third-order valence-electron chi connectivity index (χ3n) is 5.27. The molecular formula is C22H32N6O3. The smallest absolute Gasteiger partial charge is 0.222 e. The van der Waals surface area contributed by atoms with Crippen LogP contribution >= 0.6 is 0 Å². The minimum Gasteiger partial charge on any atom is -0.496 e. The maximum Gasteiger partial charge on any atom is 0.222 e. The van der Waals surface area contributed by atoms with Crippen molar-refractivity contribution in [1.29, 1.82) is 0 Å². The van der Waals surface area contributed by atoms with E-state index in [1.54, 1.807) is 31.8 Å². The summed E-state index contributed by atoms with van der Waals surface area (Å²) >= 11 is 0. The maximum absolute atomic E-state index is 10.3. The van der Waals surface area contributed by atoms with Crippen LogP contribution in [0.15, 0.2) is 24.4 Å². The molecule has 168 valence electrons. The van der Waals surface area contributed by atoms with Crippen LogP contribution in [0.25, 0.3) is 11.0 Å². The summed E-state index contributed by atoms with van der Waals surface area (Å²) in [5.41, 5.74) is 8.01. The number of aliphatic hydroxyl groups excluding tert-OH is 1. The van der Waals surface area contributed by atoms with Gasteiger partial charge in [0.15, 0.2) is 5.82 Å². The predicted octanol–water partition coefficient (Wildman–Crippen LogP) is 2.66. The van der Waals surface area contributed by atoms with E-state index in [9.17, 15) is 10.2 Å². The van der Waals surface area contributed by atoms with Crippen LogP contribution in [0.1, 0.15) is 51.2 Å². The van der Waals surface area contributed by atoms with Gasteiger partial charge in [-0.15, -0.1) is 0 Å². The van der Waals surface area contributed by atoms with Crippen LogP contribution in [0.4, 0.5) is 11.8 Å². The molecular weight excluding hydrogens is 396 g/mol. The fourth-order valence-corrected chi connectivity index (χ4v) is 3.64. The second kappa shape index (κ2) is 9.49. The van der Waals surface area contributed by atoms with Crippen molar-refractivity contribution in [2.45, 2.75) is 58.2 Å². The highest BCUT2D eigenvalue weighted by atomic mass is 16.5. The molecule has 0 amide bonds. The predicted molar refractivity (Wildman–Crippen MR) is 121 cm³/mol. The summed E-state index contributed by atoms with van der Waals surface area (Å²) < 4.78 is 7.38. The number of ether oxygens (including phenoxy) is 1. The van der Waals surface area contributed by atoms with Gasteiger partial charge in [0.2, 0.25) is 5.95 Å². The van der Waals surface area contributed by atoms with E-state index in [1.807, 2.05) is 18.2 Å². The number of benzene rings is 1. The molecule has 1 atom stereocenters. The zero-order chi connectivity index (χ0) is 22.6. The molecule has 31 heavy (non-hydrogen) atoms. The molecule has 1 unspecified atom stereocenters. The Morgan fingerprint density at radius 1 is 1.26 bits per heavy atom. The van der Waals surface area contributed by atoms with Crippen molar-refractivity contribution in [2.75, 3.05) is 24.8 Å². The van der Waals surface area contributed by atoms with E-state index in [-0.39, 0.29) is 18.6 Å². The lowest BCUT2D eigenvalue weighted by Crippen LogP contribution is -2.22. The van der Waals surface area contributed by atoms with Crippen LogP contribution in [0.2, 0.25) is 0 Å². The van der Waals surface area contributed by atoms with E-state index in [0.717, 1.165) is 29.5 Å². The molecule has 3 aromatic rings. The fraction of sp³-hybridized carbons (Fsp3) is 0.500. The van der Waals surface area contributed by atoms with Crippen molar-refractivity contribution in [2.24, 2.45) is 0 Å². The normalized spacial score (nSPS) is 12.8. The summed E-state index contributed by atoms with van der Waals surface area (Å²) in [6.45, 7) is 6.09. The highest BCUT2D eigenvalue weighted by molar-refractivity contribution is 5.86. The quantitative estimate of drug-likeness (QED) is 0.388. The van der Waals surface area contributed by atoms with Crippen LogP contribution < -0.4 is 15.8 Å². The number of rotatable bonds is 10. The van der Waals surface area contributed by atoms with Gasteiger partial charge in [0, 0.05) is 18.2 Å². The average Bonchev–Trinajstić information content (AvgIpc) is 3.10. The SMILES string of the molecule is CCCC(CCO)Nc1nc(N)nc2cnn(Cc3ccc(C(C)(C)O)cc3OC)c12. The lowest BCUT2D eigenvalue weighted by atomic mass is 9.96. The highest BCUT2D eigenvalue weighted by Crippen LogP contribution is 2.29. The Bertz CT molecular complexity index is 1020. The van der Waals surface area contributed by atoms with Crippen molar-refractivity contribution in [3.05, 3.63) is 35.5 Å². The van der Waals surface area contributed by atoms with Crippen LogP contribution in [-0.4, -0.2) is 49.7 Å². The minimum absolute atomic E-state index is 0.0662. The van der Waals surface area contributed by atoms with Gasteiger partial charge in [0.05, 0.1) is 25.5 Å². The van der Waals surface area contributed by atoms with E-state index >= 15 is 0 Å². The number of methoxy groups -OCH3 is 1. The molecule has 0 radical (unpaired) electrons. The maximum atomic E-state index is 10.3. The van der Waals surface area contributed by atoms with E-state index in [0.29, 0.717) is 30.0 Å². The molecule has 0 aliphatic carbocycles. The first-order valence-electron chi connectivity index (χ1n) is 10.5. The van der Waals surface area contributed by atoms with Gasteiger partial charge in [-0.2, -0.15) is 10.1 Å².